The molecule has 0 aliphatic heterocycles. The zero-order valence-electron chi connectivity index (χ0n) is 6.46. The smallest absolute Gasteiger partial charge is 0.169 e. The highest BCUT2D eigenvalue weighted by Crippen LogP contribution is 2.32. The van der Waals surface area contributed by atoms with E-state index in [-0.39, 0.29) is 5.78 Å². The third-order valence-electron chi connectivity index (χ3n) is 1.96. The predicted molar refractivity (Wildman–Crippen MR) is 40.5 cm³/mol. The second kappa shape index (κ2) is 2.22. The average Bonchev–Trinajstić information content (AvgIpc) is 2.74. The topological polar surface area (TPSA) is 30.2 Å². The summed E-state index contributed by atoms with van der Waals surface area (Å²) in [6, 6.07) is 1.81. The average molecular weight is 150 g/mol. The molecule has 1 fully saturated rings. The van der Waals surface area contributed by atoms with Crippen LogP contribution >= 0.6 is 0 Å². The van der Waals surface area contributed by atoms with Crippen molar-refractivity contribution in [2.24, 2.45) is 5.92 Å². The minimum absolute atomic E-state index is 0.252. The molecule has 0 bridgehead atoms. The second-order valence-corrected chi connectivity index (χ2v) is 3.08. The first-order chi connectivity index (χ1) is 5.27. The molecule has 2 heteroatoms. The van der Waals surface area contributed by atoms with E-state index in [9.17, 15) is 4.79 Å². The fraction of sp³-hybridized carbons (Fsp3) is 0.444. The van der Waals surface area contributed by atoms with Crippen molar-refractivity contribution in [1.82, 2.24) is 0 Å². The highest BCUT2D eigenvalue weighted by molar-refractivity contribution is 5.99. The first-order valence-corrected chi connectivity index (χ1v) is 3.87. The number of ketones is 1. The van der Waals surface area contributed by atoms with Gasteiger partial charge in [0.25, 0.3) is 0 Å². The van der Waals surface area contributed by atoms with E-state index in [1.165, 1.54) is 0 Å². The summed E-state index contributed by atoms with van der Waals surface area (Å²) in [7, 11) is 0. The number of rotatable bonds is 2. The maximum Gasteiger partial charge on any atom is 0.169 e. The van der Waals surface area contributed by atoms with Crippen molar-refractivity contribution in [2.75, 3.05) is 0 Å². The zero-order valence-corrected chi connectivity index (χ0v) is 6.46. The Bertz CT molecular complexity index is 282. The standard InChI is InChI=1S/C9H10O2/c1-6-4-8(5-11-6)9(10)7-2-3-7/h4-5,7H,2-3H2,1H3. The number of furan rings is 1. The van der Waals surface area contributed by atoms with Crippen molar-refractivity contribution in [1.29, 1.82) is 0 Å². The normalized spacial score (nSPS) is 16.8. The molecule has 1 aliphatic carbocycles. The molecule has 2 nitrogen and oxygen atoms in total. The third-order valence-corrected chi connectivity index (χ3v) is 1.96. The van der Waals surface area contributed by atoms with Crippen LogP contribution < -0.4 is 0 Å². The van der Waals surface area contributed by atoms with Gasteiger partial charge in [-0.1, -0.05) is 0 Å². The predicted octanol–water partition coefficient (Wildman–Crippen LogP) is 2.18. The maximum absolute atomic E-state index is 11.4. The molecule has 58 valence electrons. The minimum atomic E-state index is 0.252. The Hall–Kier alpha value is -1.05. The summed E-state index contributed by atoms with van der Waals surface area (Å²) in [6.07, 6.45) is 3.67. The van der Waals surface area contributed by atoms with E-state index in [4.69, 9.17) is 4.42 Å². The van der Waals surface area contributed by atoms with Crippen LogP contribution in [0.25, 0.3) is 0 Å². The van der Waals surface area contributed by atoms with E-state index in [0.717, 1.165) is 24.2 Å². The van der Waals surface area contributed by atoms with Crippen LogP contribution in [-0.2, 0) is 0 Å². The molecule has 11 heavy (non-hydrogen) atoms. The summed E-state index contributed by atoms with van der Waals surface area (Å²) in [4.78, 5) is 11.4. The molecule has 2 rings (SSSR count). The number of carbonyl (C=O) groups excluding carboxylic acids is 1. The first kappa shape index (κ1) is 6.65. The lowest BCUT2D eigenvalue weighted by Gasteiger charge is -1.88. The molecule has 0 unspecified atom stereocenters. The van der Waals surface area contributed by atoms with E-state index in [1.807, 2.05) is 6.92 Å². The molecular formula is C9H10O2. The number of hydrogen-bond acceptors (Lipinski definition) is 2. The Balaban J connectivity index is 2.21. The molecule has 0 atom stereocenters. The van der Waals surface area contributed by atoms with Crippen LogP contribution in [0.2, 0.25) is 0 Å². The molecule has 1 saturated carbocycles. The van der Waals surface area contributed by atoms with Crippen molar-refractivity contribution in [3.05, 3.63) is 23.7 Å². The van der Waals surface area contributed by atoms with E-state index in [0.29, 0.717) is 5.92 Å². The molecule has 1 aromatic heterocycles. The van der Waals surface area contributed by atoms with Crippen LogP contribution in [0.1, 0.15) is 29.0 Å². The fourth-order valence-electron chi connectivity index (χ4n) is 1.15. The summed E-state index contributed by atoms with van der Waals surface area (Å²) in [5.41, 5.74) is 0.741. The Morgan fingerprint density at radius 1 is 1.64 bits per heavy atom. The van der Waals surface area contributed by atoms with Crippen molar-refractivity contribution < 1.29 is 9.21 Å². The monoisotopic (exact) mass is 150 g/mol. The van der Waals surface area contributed by atoms with Crippen molar-refractivity contribution in [2.45, 2.75) is 19.8 Å². The van der Waals surface area contributed by atoms with Gasteiger partial charge in [-0.2, -0.15) is 0 Å². The summed E-state index contributed by atoms with van der Waals surface area (Å²) < 4.78 is 5.04. The van der Waals surface area contributed by atoms with E-state index < -0.39 is 0 Å². The van der Waals surface area contributed by atoms with Gasteiger partial charge in [-0.3, -0.25) is 4.79 Å². The fourth-order valence-corrected chi connectivity index (χ4v) is 1.15. The molecule has 0 saturated heterocycles. The van der Waals surface area contributed by atoms with Gasteiger partial charge in [-0.25, -0.2) is 0 Å². The van der Waals surface area contributed by atoms with Crippen LogP contribution in [-0.4, -0.2) is 5.78 Å². The van der Waals surface area contributed by atoms with Crippen LogP contribution in [0.3, 0.4) is 0 Å². The number of hydrogen-bond donors (Lipinski definition) is 0. The van der Waals surface area contributed by atoms with Gasteiger partial charge in [0.1, 0.15) is 12.0 Å². The van der Waals surface area contributed by atoms with Gasteiger partial charge in [0.2, 0.25) is 0 Å². The Labute approximate surface area is 65.2 Å². The molecule has 1 aliphatic rings. The van der Waals surface area contributed by atoms with E-state index in [1.54, 1.807) is 12.3 Å². The summed E-state index contributed by atoms with van der Waals surface area (Å²) in [5, 5.41) is 0. The van der Waals surface area contributed by atoms with Gasteiger partial charge >= 0.3 is 0 Å². The molecule has 0 spiro atoms. The lowest BCUT2D eigenvalue weighted by Crippen LogP contribution is -1.98. The summed E-state index contributed by atoms with van der Waals surface area (Å²) >= 11 is 0. The molecule has 1 heterocycles. The quantitative estimate of drug-likeness (QED) is 0.605. The molecule has 0 amide bonds. The Morgan fingerprint density at radius 2 is 2.36 bits per heavy atom. The van der Waals surface area contributed by atoms with Gasteiger partial charge < -0.3 is 4.42 Å². The van der Waals surface area contributed by atoms with Crippen molar-refractivity contribution in [3.8, 4) is 0 Å². The Morgan fingerprint density at radius 3 is 2.82 bits per heavy atom. The van der Waals surface area contributed by atoms with Gasteiger partial charge in [-0.15, -0.1) is 0 Å². The number of carbonyl (C=O) groups is 1. The molecule has 0 radical (unpaired) electrons. The molecule has 1 aromatic rings. The van der Waals surface area contributed by atoms with Crippen molar-refractivity contribution in [3.63, 3.8) is 0 Å². The van der Waals surface area contributed by atoms with E-state index >= 15 is 0 Å². The molecule has 0 aromatic carbocycles. The number of Topliss-reactive ketones (excluding diaryl/α,β-unsaturated/α-hetero) is 1. The third kappa shape index (κ3) is 1.20. The SMILES string of the molecule is Cc1cc(C(=O)C2CC2)co1. The van der Waals surface area contributed by atoms with E-state index in [2.05, 4.69) is 0 Å². The summed E-state index contributed by atoms with van der Waals surface area (Å²) in [5.74, 6) is 1.36. The maximum atomic E-state index is 11.4. The summed E-state index contributed by atoms with van der Waals surface area (Å²) in [6.45, 7) is 1.85. The van der Waals surface area contributed by atoms with Gasteiger partial charge in [0, 0.05) is 5.92 Å². The minimum Gasteiger partial charge on any atom is -0.469 e. The number of aryl methyl sites for hydroxylation is 1. The second-order valence-electron chi connectivity index (χ2n) is 3.08. The Kier molecular flexibility index (Phi) is 1.34. The lowest BCUT2D eigenvalue weighted by molar-refractivity contribution is 0.0967. The largest absolute Gasteiger partial charge is 0.469 e. The molecule has 0 N–H and O–H groups in total. The highest BCUT2D eigenvalue weighted by Gasteiger charge is 2.30. The van der Waals surface area contributed by atoms with Crippen LogP contribution in [0.5, 0.6) is 0 Å². The van der Waals surface area contributed by atoms with Gasteiger partial charge in [0.15, 0.2) is 5.78 Å². The van der Waals surface area contributed by atoms with Crippen LogP contribution in [0.4, 0.5) is 0 Å². The lowest BCUT2D eigenvalue weighted by atomic mass is 10.1. The van der Waals surface area contributed by atoms with Crippen LogP contribution in [0, 0.1) is 12.8 Å². The van der Waals surface area contributed by atoms with Gasteiger partial charge in [-0.05, 0) is 25.8 Å². The van der Waals surface area contributed by atoms with Gasteiger partial charge in [0.05, 0.1) is 5.56 Å². The van der Waals surface area contributed by atoms with Crippen LogP contribution in [0.15, 0.2) is 16.7 Å². The zero-order chi connectivity index (χ0) is 7.84. The van der Waals surface area contributed by atoms with Crippen molar-refractivity contribution >= 4 is 5.78 Å². The highest BCUT2D eigenvalue weighted by atomic mass is 16.3. The first-order valence-electron chi connectivity index (χ1n) is 3.87. The molecular weight excluding hydrogens is 140 g/mol.